The molecule has 0 spiro atoms. The van der Waals surface area contributed by atoms with Crippen molar-refractivity contribution in [3.05, 3.63) is 45.0 Å². The number of aliphatic hydroxyl groups is 2. The van der Waals surface area contributed by atoms with E-state index >= 15 is 0 Å². The number of phenols is 1. The van der Waals surface area contributed by atoms with Crippen LogP contribution >= 0.6 is 15.9 Å². The molecule has 0 aromatic heterocycles. The average Bonchev–Trinajstić information content (AvgIpc) is 3.02. The monoisotopic (exact) mass is 533 g/mol. The van der Waals surface area contributed by atoms with Gasteiger partial charge in [0.2, 0.25) is 11.8 Å². The highest BCUT2D eigenvalue weighted by Gasteiger charge is 2.53. The molecule has 4 atom stereocenters. The van der Waals surface area contributed by atoms with Crippen LogP contribution in [0, 0.1) is 17.8 Å². The first kappa shape index (κ1) is 26.6. The molecule has 0 saturated carbocycles. The Morgan fingerprint density at radius 3 is 2.59 bits per heavy atom. The summed E-state index contributed by atoms with van der Waals surface area (Å²) in [4.78, 5) is 26.7. The van der Waals surface area contributed by atoms with E-state index in [9.17, 15) is 24.9 Å². The van der Waals surface area contributed by atoms with E-state index in [0.717, 1.165) is 52.4 Å². The van der Waals surface area contributed by atoms with Crippen molar-refractivity contribution in [2.24, 2.45) is 17.8 Å². The van der Waals surface area contributed by atoms with Gasteiger partial charge in [0.25, 0.3) is 0 Å². The van der Waals surface area contributed by atoms with E-state index in [2.05, 4.69) is 29.8 Å². The second-order valence-electron chi connectivity index (χ2n) is 9.48. The summed E-state index contributed by atoms with van der Waals surface area (Å²) < 4.78 is 0.880. The van der Waals surface area contributed by atoms with E-state index in [0.29, 0.717) is 19.3 Å². The molecule has 6 nitrogen and oxygen atoms in total. The molecule has 1 aromatic rings. The highest BCUT2D eigenvalue weighted by molar-refractivity contribution is 9.10. The van der Waals surface area contributed by atoms with Gasteiger partial charge in [0.15, 0.2) is 0 Å². The lowest BCUT2D eigenvalue weighted by atomic mass is 9.67. The molecule has 1 aliphatic carbocycles. The van der Waals surface area contributed by atoms with Gasteiger partial charge in [-0.15, -0.1) is 0 Å². The summed E-state index contributed by atoms with van der Waals surface area (Å²) in [6, 6.07) is 5.30. The molecule has 34 heavy (non-hydrogen) atoms. The maximum absolute atomic E-state index is 12.8. The Hall–Kier alpha value is -1.96. The Labute approximate surface area is 210 Å². The molecule has 2 aliphatic rings. The number of hydrogen-bond donors (Lipinski definition) is 3. The van der Waals surface area contributed by atoms with Gasteiger partial charge in [0.05, 0.1) is 24.5 Å². The third-order valence-electron chi connectivity index (χ3n) is 7.17. The summed E-state index contributed by atoms with van der Waals surface area (Å²) >= 11 is 3.45. The van der Waals surface area contributed by atoms with Crippen LogP contribution in [0.2, 0.25) is 0 Å². The van der Waals surface area contributed by atoms with Crippen molar-refractivity contribution in [1.82, 2.24) is 4.90 Å². The van der Waals surface area contributed by atoms with Crippen molar-refractivity contribution in [3.8, 4) is 5.75 Å². The Morgan fingerprint density at radius 2 is 1.94 bits per heavy atom. The number of hydrogen-bond acceptors (Lipinski definition) is 5. The molecule has 1 aliphatic heterocycles. The van der Waals surface area contributed by atoms with Crippen molar-refractivity contribution < 1.29 is 24.9 Å². The van der Waals surface area contributed by atoms with Gasteiger partial charge in [0.1, 0.15) is 5.75 Å². The van der Waals surface area contributed by atoms with E-state index < -0.39 is 23.9 Å². The predicted octanol–water partition coefficient (Wildman–Crippen LogP) is 4.82. The van der Waals surface area contributed by atoms with E-state index in [4.69, 9.17) is 0 Å². The Kier molecular flexibility index (Phi) is 9.13. The quantitative estimate of drug-likeness (QED) is 0.296. The van der Waals surface area contributed by atoms with Crippen LogP contribution in [0.1, 0.15) is 64.4 Å². The van der Waals surface area contributed by atoms with Gasteiger partial charge < -0.3 is 15.3 Å². The van der Waals surface area contributed by atoms with Gasteiger partial charge in [0, 0.05) is 23.0 Å². The minimum Gasteiger partial charge on any atom is -0.507 e. The number of allylic oxidation sites excluding steroid dienone is 2. The number of aliphatic hydroxyl groups excluding tert-OH is 2. The van der Waals surface area contributed by atoms with Crippen molar-refractivity contribution in [2.45, 2.75) is 64.9 Å². The number of carbonyl (C=O) groups excluding carboxylic acids is 2. The highest BCUT2D eigenvalue weighted by atomic mass is 79.9. The summed E-state index contributed by atoms with van der Waals surface area (Å²) in [5, 5.41) is 31.8. The average molecular weight is 534 g/mol. The fourth-order valence-corrected chi connectivity index (χ4v) is 5.96. The van der Waals surface area contributed by atoms with Gasteiger partial charge in [-0.1, -0.05) is 59.8 Å². The van der Waals surface area contributed by atoms with Crippen molar-refractivity contribution in [1.29, 1.82) is 0 Å². The molecule has 1 heterocycles. The summed E-state index contributed by atoms with van der Waals surface area (Å²) in [6.45, 7) is 3.88. The fraction of sp³-hybridized carbons (Fsp3) is 0.556. The predicted molar refractivity (Wildman–Crippen MR) is 136 cm³/mol. The van der Waals surface area contributed by atoms with Crippen LogP contribution in [0.25, 0.3) is 6.08 Å². The molecule has 1 aromatic carbocycles. The molecule has 7 heteroatoms. The van der Waals surface area contributed by atoms with Gasteiger partial charge in [-0.25, -0.2) is 0 Å². The Morgan fingerprint density at radius 1 is 1.21 bits per heavy atom. The summed E-state index contributed by atoms with van der Waals surface area (Å²) in [5.74, 6) is -1.82. The van der Waals surface area contributed by atoms with Gasteiger partial charge in [-0.3, -0.25) is 14.5 Å². The summed E-state index contributed by atoms with van der Waals surface area (Å²) in [5.41, 5.74) is 3.61. The highest BCUT2D eigenvalue weighted by Crippen LogP contribution is 2.47. The number of nitrogens with zero attached hydrogens (tertiary/aromatic N) is 1. The molecule has 1 fully saturated rings. The van der Waals surface area contributed by atoms with E-state index in [1.54, 1.807) is 12.1 Å². The zero-order valence-corrected chi connectivity index (χ0v) is 21.8. The standard InChI is InChI=1S/C27H36BrNO5/c1-4-6-16(12-18-13-19(28)9-11-22(18)31)8-10-23(32)24-17(7-5-2)14-20-25(21(24)15-30)27(34)29(3)26(20)33/h9,11-13,20-21,23,25,30-32H,4-8,10,14-15H2,1-3H3/b16-12+/t20-,21+,23-,25-/m1/s1. The molecule has 1 saturated heterocycles. The van der Waals surface area contributed by atoms with Crippen LogP contribution in [-0.2, 0) is 9.59 Å². The van der Waals surface area contributed by atoms with E-state index in [1.165, 1.54) is 11.9 Å². The van der Waals surface area contributed by atoms with Crippen molar-refractivity contribution >= 4 is 33.8 Å². The molecule has 0 bridgehead atoms. The summed E-state index contributed by atoms with van der Waals surface area (Å²) in [6.07, 6.45) is 6.11. The third-order valence-corrected chi connectivity index (χ3v) is 7.66. The topological polar surface area (TPSA) is 98.1 Å². The van der Waals surface area contributed by atoms with E-state index in [1.807, 2.05) is 12.1 Å². The SMILES string of the molecule is CCCC1=C([C@H](O)CC/C(=C/c2cc(Br)ccc2O)CCC)[C@H](CO)[C@@H]2C(=O)N(C)C(=O)[C@@H]2C1. The zero-order chi connectivity index (χ0) is 25.0. The maximum atomic E-state index is 12.8. The first-order valence-electron chi connectivity index (χ1n) is 12.2. The Bertz CT molecular complexity index is 985. The van der Waals surface area contributed by atoms with Gasteiger partial charge >= 0.3 is 0 Å². The largest absolute Gasteiger partial charge is 0.507 e. The number of imide groups is 1. The minimum atomic E-state index is -0.801. The smallest absolute Gasteiger partial charge is 0.233 e. The number of amides is 2. The van der Waals surface area contributed by atoms with Gasteiger partial charge in [-0.05, 0) is 55.9 Å². The molecular formula is C27H36BrNO5. The molecule has 186 valence electrons. The number of rotatable bonds is 10. The number of phenolic OH excluding ortho intramolecular Hbond substituents is 1. The molecular weight excluding hydrogens is 498 g/mol. The number of likely N-dealkylation sites (tertiary alicyclic amines) is 1. The second-order valence-corrected chi connectivity index (χ2v) is 10.4. The van der Waals surface area contributed by atoms with Crippen LogP contribution in [0.15, 0.2) is 39.4 Å². The Balaban J connectivity index is 1.87. The third kappa shape index (κ3) is 5.47. The van der Waals surface area contributed by atoms with E-state index in [-0.39, 0.29) is 24.2 Å². The number of aromatic hydroxyl groups is 1. The molecule has 3 rings (SSSR count). The minimum absolute atomic E-state index is 0.183. The lowest BCUT2D eigenvalue weighted by molar-refractivity contribution is -0.138. The lowest BCUT2D eigenvalue weighted by Gasteiger charge is -2.36. The van der Waals surface area contributed by atoms with Crippen molar-refractivity contribution in [3.63, 3.8) is 0 Å². The molecule has 2 amide bonds. The number of carbonyl (C=O) groups is 2. The summed E-state index contributed by atoms with van der Waals surface area (Å²) in [7, 11) is 1.51. The van der Waals surface area contributed by atoms with Crippen LogP contribution in [-0.4, -0.2) is 51.8 Å². The van der Waals surface area contributed by atoms with Gasteiger partial charge in [-0.2, -0.15) is 0 Å². The molecule has 0 unspecified atom stereocenters. The van der Waals surface area contributed by atoms with Crippen molar-refractivity contribution in [2.75, 3.05) is 13.7 Å². The maximum Gasteiger partial charge on any atom is 0.233 e. The lowest BCUT2D eigenvalue weighted by Crippen LogP contribution is -2.39. The number of fused-ring (bicyclic) bond motifs is 1. The number of benzene rings is 1. The molecule has 0 radical (unpaired) electrons. The fourth-order valence-electron chi connectivity index (χ4n) is 5.58. The van der Waals surface area contributed by atoms with Crippen LogP contribution in [0.4, 0.5) is 0 Å². The normalized spacial score (nSPS) is 24.1. The first-order valence-corrected chi connectivity index (χ1v) is 13.0. The van der Waals surface area contributed by atoms with Crippen LogP contribution in [0.5, 0.6) is 5.75 Å². The second kappa shape index (κ2) is 11.6. The molecule has 3 N–H and O–H groups in total. The number of halogens is 1. The first-order chi connectivity index (χ1) is 16.2. The van der Waals surface area contributed by atoms with Crippen LogP contribution in [0.3, 0.4) is 0 Å². The zero-order valence-electron chi connectivity index (χ0n) is 20.3. The van der Waals surface area contributed by atoms with Crippen LogP contribution < -0.4 is 0 Å².